The highest BCUT2D eigenvalue weighted by Gasteiger charge is 2.30. The molecule has 6 nitrogen and oxygen atoms in total. The number of hydrogen-bond donors (Lipinski definition) is 0. The number of amides is 2. The van der Waals surface area contributed by atoms with Crippen LogP contribution in [-0.4, -0.2) is 55.2 Å². The van der Waals surface area contributed by atoms with E-state index in [4.69, 9.17) is 16.3 Å². The van der Waals surface area contributed by atoms with Gasteiger partial charge in [-0.05, 0) is 36.8 Å². The van der Waals surface area contributed by atoms with Crippen molar-refractivity contribution in [1.82, 2.24) is 9.88 Å². The van der Waals surface area contributed by atoms with Gasteiger partial charge < -0.3 is 14.5 Å². The minimum absolute atomic E-state index is 0.0510. The zero-order valence-corrected chi connectivity index (χ0v) is 15.7. The largest absolute Gasteiger partial charge is 0.489 e. The molecule has 0 atom stereocenters. The van der Waals surface area contributed by atoms with Crippen molar-refractivity contribution in [2.24, 2.45) is 0 Å². The Bertz CT molecular complexity index is 851. The van der Waals surface area contributed by atoms with Crippen LogP contribution < -0.4 is 14.5 Å². The van der Waals surface area contributed by atoms with E-state index in [1.165, 1.54) is 6.07 Å². The van der Waals surface area contributed by atoms with Gasteiger partial charge in [0.2, 0.25) is 5.95 Å². The molecule has 4 rings (SSSR count). The van der Waals surface area contributed by atoms with Gasteiger partial charge in [-0.15, -0.1) is 0 Å². The summed E-state index contributed by atoms with van der Waals surface area (Å²) in [6.07, 6.45) is 0. The Kier molecular flexibility index (Phi) is 4.78. The second-order valence-corrected chi connectivity index (χ2v) is 7.13. The zero-order valence-electron chi connectivity index (χ0n) is 15.0. The van der Waals surface area contributed by atoms with E-state index in [2.05, 4.69) is 4.98 Å². The second-order valence-electron chi connectivity index (χ2n) is 6.69. The highest BCUT2D eigenvalue weighted by Crippen LogP contribution is 2.34. The molecule has 2 aromatic rings. The smallest absolute Gasteiger partial charge is 0.324 e. The Balaban J connectivity index is 1.45. The topological polar surface area (TPSA) is 48.9 Å². The number of rotatable bonds is 1. The van der Waals surface area contributed by atoms with Gasteiger partial charge in [0.15, 0.2) is 0 Å². The lowest BCUT2D eigenvalue weighted by Gasteiger charge is -2.39. The summed E-state index contributed by atoms with van der Waals surface area (Å²) in [5.41, 5.74) is 1.57. The van der Waals surface area contributed by atoms with Crippen LogP contribution in [0.5, 0.6) is 5.75 Å². The molecule has 0 radical (unpaired) electrons. The minimum atomic E-state index is -0.480. The normalized spacial score (nSPS) is 16.8. The van der Waals surface area contributed by atoms with Crippen molar-refractivity contribution in [1.29, 1.82) is 0 Å². The first kappa shape index (κ1) is 17.9. The lowest BCUT2D eigenvalue weighted by Crippen LogP contribution is -2.54. The summed E-state index contributed by atoms with van der Waals surface area (Å²) in [6, 6.07) is 8.51. The molecule has 0 N–H and O–H groups in total. The molecule has 142 valence electrons. The second kappa shape index (κ2) is 7.23. The third kappa shape index (κ3) is 3.64. The third-order valence-electron chi connectivity index (χ3n) is 4.82. The van der Waals surface area contributed by atoms with E-state index in [9.17, 15) is 9.18 Å². The van der Waals surface area contributed by atoms with Crippen molar-refractivity contribution in [2.45, 2.75) is 6.92 Å². The number of aryl methyl sites for hydroxylation is 1. The molecule has 8 heteroatoms. The molecular formula is C19H20ClFN4O2. The average Bonchev–Trinajstić information content (AvgIpc) is 2.66. The fraction of sp³-hybridized carbons (Fsp3) is 0.368. The Hall–Kier alpha value is -2.54. The van der Waals surface area contributed by atoms with Crippen LogP contribution in [0.25, 0.3) is 0 Å². The van der Waals surface area contributed by atoms with Crippen molar-refractivity contribution in [3.05, 3.63) is 46.9 Å². The average molecular weight is 391 g/mol. The number of fused-ring (bicyclic) bond motifs is 1. The molecule has 0 spiro atoms. The van der Waals surface area contributed by atoms with Crippen LogP contribution in [0.2, 0.25) is 5.02 Å². The van der Waals surface area contributed by atoms with Crippen LogP contribution >= 0.6 is 11.6 Å². The van der Waals surface area contributed by atoms with Crippen LogP contribution in [0.1, 0.15) is 5.56 Å². The number of carbonyl (C=O) groups is 1. The molecule has 0 saturated carbocycles. The number of pyridine rings is 1. The van der Waals surface area contributed by atoms with E-state index in [0.29, 0.717) is 55.9 Å². The number of carbonyl (C=O) groups excluding carboxylic acids is 1. The monoisotopic (exact) mass is 390 g/mol. The molecule has 1 aromatic carbocycles. The first-order chi connectivity index (χ1) is 13.0. The zero-order chi connectivity index (χ0) is 19.0. The lowest BCUT2D eigenvalue weighted by atomic mass is 10.2. The van der Waals surface area contributed by atoms with Crippen LogP contribution in [0, 0.1) is 12.9 Å². The SMILES string of the molecule is Cc1cc(F)nc(N2CCN(C(=O)N3CCOc4cc(Cl)ccc43)CC2)c1. The number of aromatic nitrogens is 1. The predicted octanol–water partition coefficient (Wildman–Crippen LogP) is 3.32. The third-order valence-corrected chi connectivity index (χ3v) is 5.05. The molecule has 1 fully saturated rings. The molecule has 27 heavy (non-hydrogen) atoms. The molecule has 0 unspecified atom stereocenters. The fourth-order valence-electron chi connectivity index (χ4n) is 3.46. The van der Waals surface area contributed by atoms with Gasteiger partial charge in [0, 0.05) is 37.3 Å². The molecule has 3 heterocycles. The van der Waals surface area contributed by atoms with Crippen molar-refractivity contribution >= 4 is 29.1 Å². The molecule has 0 aliphatic carbocycles. The van der Waals surface area contributed by atoms with Crippen molar-refractivity contribution in [2.75, 3.05) is 49.1 Å². The summed E-state index contributed by atoms with van der Waals surface area (Å²) in [4.78, 5) is 22.5. The summed E-state index contributed by atoms with van der Waals surface area (Å²) >= 11 is 6.02. The number of benzene rings is 1. The van der Waals surface area contributed by atoms with Gasteiger partial charge in [-0.25, -0.2) is 9.78 Å². The van der Waals surface area contributed by atoms with E-state index in [1.54, 1.807) is 17.0 Å². The number of ether oxygens (including phenoxy) is 1. The summed E-state index contributed by atoms with van der Waals surface area (Å²) in [5.74, 6) is 0.762. The Morgan fingerprint density at radius 1 is 1.15 bits per heavy atom. The van der Waals surface area contributed by atoms with Crippen LogP contribution in [0.4, 0.5) is 20.7 Å². The molecule has 0 bridgehead atoms. The Morgan fingerprint density at radius 3 is 2.67 bits per heavy atom. The van der Waals surface area contributed by atoms with Crippen molar-refractivity contribution < 1.29 is 13.9 Å². The minimum Gasteiger partial charge on any atom is -0.489 e. The summed E-state index contributed by atoms with van der Waals surface area (Å²) in [5, 5.41) is 0.578. The van der Waals surface area contributed by atoms with Crippen molar-refractivity contribution in [3.63, 3.8) is 0 Å². The van der Waals surface area contributed by atoms with Gasteiger partial charge in [0.05, 0.1) is 12.2 Å². The lowest BCUT2D eigenvalue weighted by molar-refractivity contribution is 0.196. The van der Waals surface area contributed by atoms with Crippen molar-refractivity contribution in [3.8, 4) is 5.75 Å². The van der Waals surface area contributed by atoms with Crippen LogP contribution in [0.3, 0.4) is 0 Å². The van der Waals surface area contributed by atoms with Crippen LogP contribution in [-0.2, 0) is 0 Å². The van der Waals surface area contributed by atoms with Gasteiger partial charge in [-0.1, -0.05) is 11.6 Å². The quantitative estimate of drug-likeness (QED) is 0.701. The summed E-state index contributed by atoms with van der Waals surface area (Å²) in [7, 11) is 0. The van der Waals surface area contributed by atoms with Gasteiger partial charge >= 0.3 is 6.03 Å². The number of hydrogen-bond acceptors (Lipinski definition) is 4. The Labute approximate surface area is 162 Å². The standard InChI is InChI=1S/C19H20ClFN4O2/c1-13-10-17(21)22-18(11-13)23-4-6-24(7-5-23)19(26)25-8-9-27-16-12-14(20)2-3-15(16)25/h2-3,10-12H,4-9H2,1H3. The van der Waals surface area contributed by atoms with E-state index < -0.39 is 5.95 Å². The van der Waals surface area contributed by atoms with Gasteiger partial charge in [-0.2, -0.15) is 4.39 Å². The molecule has 1 aromatic heterocycles. The number of piperazine rings is 1. The van der Waals surface area contributed by atoms with Gasteiger partial charge in [0.1, 0.15) is 18.2 Å². The summed E-state index contributed by atoms with van der Waals surface area (Å²) in [6.45, 7) is 5.10. The van der Waals surface area contributed by atoms with E-state index in [-0.39, 0.29) is 6.03 Å². The number of urea groups is 1. The first-order valence-electron chi connectivity index (χ1n) is 8.89. The number of anilines is 2. The predicted molar refractivity (Wildman–Crippen MR) is 102 cm³/mol. The van der Waals surface area contributed by atoms with E-state index >= 15 is 0 Å². The molecular weight excluding hydrogens is 371 g/mol. The molecule has 2 aliphatic rings. The first-order valence-corrected chi connectivity index (χ1v) is 9.27. The maximum Gasteiger partial charge on any atom is 0.324 e. The van der Waals surface area contributed by atoms with Gasteiger partial charge in [0.25, 0.3) is 0 Å². The Morgan fingerprint density at radius 2 is 1.93 bits per heavy atom. The maximum absolute atomic E-state index is 13.6. The molecule has 1 saturated heterocycles. The highest BCUT2D eigenvalue weighted by molar-refractivity contribution is 6.30. The number of halogens is 2. The fourth-order valence-corrected chi connectivity index (χ4v) is 3.62. The van der Waals surface area contributed by atoms with E-state index in [1.807, 2.05) is 28.9 Å². The van der Waals surface area contributed by atoms with Crippen LogP contribution in [0.15, 0.2) is 30.3 Å². The maximum atomic E-state index is 13.6. The highest BCUT2D eigenvalue weighted by atomic mass is 35.5. The molecule has 2 amide bonds. The van der Waals surface area contributed by atoms with Gasteiger partial charge in [-0.3, -0.25) is 4.90 Å². The number of nitrogens with zero attached hydrogens (tertiary/aromatic N) is 4. The molecule has 2 aliphatic heterocycles. The van der Waals surface area contributed by atoms with E-state index in [0.717, 1.165) is 11.3 Å². The summed E-state index contributed by atoms with van der Waals surface area (Å²) < 4.78 is 19.2.